The molecular weight excluding hydrogens is 362 g/mol. The summed E-state index contributed by atoms with van der Waals surface area (Å²) in [4.78, 5) is 12.5. The van der Waals surface area contributed by atoms with E-state index in [9.17, 15) is 13.2 Å². The summed E-state index contributed by atoms with van der Waals surface area (Å²) < 4.78 is 28.7. The van der Waals surface area contributed by atoms with Crippen LogP contribution in [0.4, 0.5) is 0 Å². The van der Waals surface area contributed by atoms with Crippen LogP contribution in [0, 0.1) is 6.92 Å². The van der Waals surface area contributed by atoms with Gasteiger partial charge in [-0.3, -0.25) is 4.79 Å². The summed E-state index contributed by atoms with van der Waals surface area (Å²) in [5, 5.41) is 2.87. The van der Waals surface area contributed by atoms with Gasteiger partial charge in [0.2, 0.25) is 0 Å². The summed E-state index contributed by atoms with van der Waals surface area (Å²) in [5.41, 5.74) is 2.97. The molecule has 0 saturated heterocycles. The zero-order valence-corrected chi connectivity index (χ0v) is 17.3. The minimum absolute atomic E-state index is 0.0752. The SMILES string of the molecule is Cc1ccc(C(C)C)cc1OCC(=O)N[C@@H](C)c1ccc(S(C)(=O)=O)cc1. The Bertz CT molecular complexity index is 902. The Morgan fingerprint density at radius 1 is 1.04 bits per heavy atom. The first-order valence-electron chi connectivity index (χ1n) is 8.90. The summed E-state index contributed by atoms with van der Waals surface area (Å²) in [6.45, 7) is 7.94. The normalized spacial score (nSPS) is 12.7. The van der Waals surface area contributed by atoms with E-state index in [-0.39, 0.29) is 23.5 Å². The van der Waals surface area contributed by atoms with E-state index in [0.717, 1.165) is 16.7 Å². The lowest BCUT2D eigenvalue weighted by atomic mass is 10.0. The summed E-state index contributed by atoms with van der Waals surface area (Å²) in [6.07, 6.45) is 1.17. The standard InChI is InChI=1S/C21H27NO4S/c1-14(2)18-7-6-15(3)20(12-18)26-13-21(23)22-16(4)17-8-10-19(11-9-17)27(5,24)25/h6-12,14,16H,13H2,1-5H3,(H,22,23)/t16-/m0/s1. The molecule has 0 unspecified atom stereocenters. The van der Waals surface area contributed by atoms with Gasteiger partial charge in [0.15, 0.2) is 16.4 Å². The summed E-state index contributed by atoms with van der Waals surface area (Å²) in [6, 6.07) is 12.3. The lowest BCUT2D eigenvalue weighted by Gasteiger charge is -2.16. The molecule has 6 heteroatoms. The quantitative estimate of drug-likeness (QED) is 0.782. The molecule has 0 aliphatic carbocycles. The van der Waals surface area contributed by atoms with Crippen molar-refractivity contribution in [1.82, 2.24) is 5.32 Å². The number of aryl methyl sites for hydroxylation is 1. The van der Waals surface area contributed by atoms with E-state index in [0.29, 0.717) is 11.7 Å². The van der Waals surface area contributed by atoms with Crippen LogP contribution in [0.5, 0.6) is 5.75 Å². The van der Waals surface area contributed by atoms with Crippen LogP contribution in [-0.4, -0.2) is 27.2 Å². The second kappa shape index (κ2) is 8.57. The zero-order chi connectivity index (χ0) is 20.2. The van der Waals surface area contributed by atoms with Crippen LogP contribution in [0.1, 0.15) is 49.4 Å². The van der Waals surface area contributed by atoms with Gasteiger partial charge in [0.1, 0.15) is 5.75 Å². The van der Waals surface area contributed by atoms with Crippen LogP contribution in [0.15, 0.2) is 47.4 Å². The fourth-order valence-corrected chi connectivity index (χ4v) is 3.28. The molecule has 146 valence electrons. The van der Waals surface area contributed by atoms with E-state index in [4.69, 9.17) is 4.74 Å². The van der Waals surface area contributed by atoms with Gasteiger partial charge in [-0.1, -0.05) is 38.1 Å². The van der Waals surface area contributed by atoms with Crippen molar-refractivity contribution in [2.45, 2.75) is 44.6 Å². The first-order chi connectivity index (χ1) is 12.6. The maximum atomic E-state index is 12.2. The number of hydrogen-bond acceptors (Lipinski definition) is 4. The molecule has 0 fully saturated rings. The summed E-state index contributed by atoms with van der Waals surface area (Å²) in [7, 11) is -3.23. The van der Waals surface area contributed by atoms with Crippen LogP contribution in [0.3, 0.4) is 0 Å². The molecule has 1 N–H and O–H groups in total. The van der Waals surface area contributed by atoms with Crippen LogP contribution in [0.25, 0.3) is 0 Å². The number of benzene rings is 2. The number of carbonyl (C=O) groups is 1. The van der Waals surface area contributed by atoms with Crippen LogP contribution in [0.2, 0.25) is 0 Å². The van der Waals surface area contributed by atoms with Gasteiger partial charge in [-0.05, 0) is 54.7 Å². The molecule has 0 aromatic heterocycles. The molecule has 2 aromatic rings. The molecule has 27 heavy (non-hydrogen) atoms. The smallest absolute Gasteiger partial charge is 0.258 e. The molecule has 2 rings (SSSR count). The zero-order valence-electron chi connectivity index (χ0n) is 16.4. The van der Waals surface area contributed by atoms with E-state index in [1.165, 1.54) is 6.26 Å². The Hall–Kier alpha value is -2.34. The monoisotopic (exact) mass is 389 g/mol. The lowest BCUT2D eigenvalue weighted by molar-refractivity contribution is -0.123. The molecule has 2 aromatic carbocycles. The predicted molar refractivity (Wildman–Crippen MR) is 107 cm³/mol. The average molecular weight is 390 g/mol. The number of rotatable bonds is 7. The highest BCUT2D eigenvalue weighted by molar-refractivity contribution is 7.90. The Labute approximate surface area is 161 Å². The van der Waals surface area contributed by atoms with Gasteiger partial charge in [-0.15, -0.1) is 0 Å². The molecule has 0 aliphatic heterocycles. The number of hydrogen-bond donors (Lipinski definition) is 1. The third kappa shape index (κ3) is 5.82. The van der Waals surface area contributed by atoms with Gasteiger partial charge in [-0.2, -0.15) is 0 Å². The number of amides is 1. The number of nitrogens with one attached hydrogen (secondary N) is 1. The maximum Gasteiger partial charge on any atom is 0.258 e. The second-order valence-corrected chi connectivity index (χ2v) is 9.11. The van der Waals surface area contributed by atoms with Gasteiger partial charge in [0.25, 0.3) is 5.91 Å². The first-order valence-corrected chi connectivity index (χ1v) is 10.8. The van der Waals surface area contributed by atoms with Gasteiger partial charge < -0.3 is 10.1 Å². The van der Waals surface area contributed by atoms with E-state index < -0.39 is 9.84 Å². The highest BCUT2D eigenvalue weighted by Crippen LogP contribution is 2.24. The summed E-state index contributed by atoms with van der Waals surface area (Å²) in [5.74, 6) is 0.863. The van der Waals surface area contributed by atoms with Crippen LogP contribution in [-0.2, 0) is 14.6 Å². The van der Waals surface area contributed by atoms with Crippen molar-refractivity contribution in [3.8, 4) is 5.75 Å². The molecule has 1 atom stereocenters. The minimum atomic E-state index is -3.23. The summed E-state index contributed by atoms with van der Waals surface area (Å²) >= 11 is 0. The van der Waals surface area contributed by atoms with E-state index in [2.05, 4.69) is 25.2 Å². The molecule has 1 amide bonds. The molecular formula is C21H27NO4S. The van der Waals surface area contributed by atoms with Crippen molar-refractivity contribution >= 4 is 15.7 Å². The Morgan fingerprint density at radius 3 is 2.19 bits per heavy atom. The number of ether oxygens (including phenoxy) is 1. The topological polar surface area (TPSA) is 72.5 Å². The minimum Gasteiger partial charge on any atom is -0.483 e. The number of sulfone groups is 1. The largest absolute Gasteiger partial charge is 0.483 e. The third-order valence-corrected chi connectivity index (χ3v) is 5.55. The molecule has 0 aliphatic rings. The average Bonchev–Trinajstić information content (AvgIpc) is 2.60. The Kier molecular flexibility index (Phi) is 6.65. The molecule has 5 nitrogen and oxygen atoms in total. The van der Waals surface area contributed by atoms with E-state index in [1.54, 1.807) is 24.3 Å². The predicted octanol–water partition coefficient (Wildman–Crippen LogP) is 3.78. The van der Waals surface area contributed by atoms with E-state index in [1.807, 2.05) is 26.0 Å². The third-order valence-electron chi connectivity index (χ3n) is 4.42. The van der Waals surface area contributed by atoms with Gasteiger partial charge in [0.05, 0.1) is 10.9 Å². The van der Waals surface area contributed by atoms with Crippen molar-refractivity contribution < 1.29 is 17.9 Å². The Balaban J connectivity index is 1.96. The number of carbonyl (C=O) groups excluding carboxylic acids is 1. The van der Waals surface area contributed by atoms with Gasteiger partial charge in [-0.25, -0.2) is 8.42 Å². The second-order valence-electron chi connectivity index (χ2n) is 7.10. The van der Waals surface area contributed by atoms with Crippen LogP contribution >= 0.6 is 0 Å². The van der Waals surface area contributed by atoms with Gasteiger partial charge in [0, 0.05) is 6.26 Å². The van der Waals surface area contributed by atoms with E-state index >= 15 is 0 Å². The maximum absolute atomic E-state index is 12.2. The molecule has 0 bridgehead atoms. The van der Waals surface area contributed by atoms with Gasteiger partial charge >= 0.3 is 0 Å². The molecule has 0 saturated carbocycles. The van der Waals surface area contributed by atoms with Crippen molar-refractivity contribution in [2.75, 3.05) is 12.9 Å². The van der Waals surface area contributed by atoms with Crippen molar-refractivity contribution in [3.05, 3.63) is 59.2 Å². The molecule has 0 radical (unpaired) electrons. The lowest BCUT2D eigenvalue weighted by Crippen LogP contribution is -2.31. The fourth-order valence-electron chi connectivity index (χ4n) is 2.64. The van der Waals surface area contributed by atoms with Crippen molar-refractivity contribution in [3.63, 3.8) is 0 Å². The molecule has 0 heterocycles. The highest BCUT2D eigenvalue weighted by atomic mass is 32.2. The first kappa shape index (κ1) is 21.0. The molecule has 0 spiro atoms. The van der Waals surface area contributed by atoms with Crippen molar-refractivity contribution in [2.24, 2.45) is 0 Å². The van der Waals surface area contributed by atoms with Crippen LogP contribution < -0.4 is 10.1 Å². The van der Waals surface area contributed by atoms with Crippen molar-refractivity contribution in [1.29, 1.82) is 0 Å². The highest BCUT2D eigenvalue weighted by Gasteiger charge is 2.13. The Morgan fingerprint density at radius 2 is 1.63 bits per heavy atom. The fraction of sp³-hybridized carbons (Fsp3) is 0.381.